The molecule has 0 aliphatic carbocycles. The molecule has 1 aromatic rings. The largest absolute Gasteiger partial charge is 0.348 e. The van der Waals surface area contributed by atoms with E-state index in [1.165, 1.54) is 23.7 Å². The highest BCUT2D eigenvalue weighted by Crippen LogP contribution is 2.26. The summed E-state index contributed by atoms with van der Waals surface area (Å²) < 4.78 is 1.50. The second-order valence-corrected chi connectivity index (χ2v) is 4.95. The average Bonchev–Trinajstić information content (AvgIpc) is 2.79. The number of hydrogen-bond acceptors (Lipinski definition) is 5. The number of anilines is 1. The third-order valence-corrected chi connectivity index (χ3v) is 3.52. The number of rotatable bonds is 5. The Morgan fingerprint density at radius 3 is 3.00 bits per heavy atom. The lowest BCUT2D eigenvalue weighted by Gasteiger charge is -2.29. The fraction of sp³-hybridized carbons (Fsp3) is 0.750. The number of piperidine rings is 1. The van der Waals surface area contributed by atoms with E-state index in [0.717, 1.165) is 26.1 Å². The molecule has 1 fully saturated rings. The fourth-order valence-corrected chi connectivity index (χ4v) is 2.53. The minimum atomic E-state index is -0.362. The molecular weight excluding hydrogens is 246 g/mol. The van der Waals surface area contributed by atoms with E-state index in [1.807, 2.05) is 11.8 Å². The van der Waals surface area contributed by atoms with Crippen molar-refractivity contribution in [3.05, 3.63) is 16.3 Å². The molecule has 0 radical (unpaired) electrons. The van der Waals surface area contributed by atoms with Crippen LogP contribution in [0.2, 0.25) is 0 Å². The van der Waals surface area contributed by atoms with E-state index in [0.29, 0.717) is 11.9 Å². The van der Waals surface area contributed by atoms with Gasteiger partial charge in [0.15, 0.2) is 0 Å². The molecular formula is C12H21N5O2. The molecule has 2 rings (SSSR count). The van der Waals surface area contributed by atoms with E-state index in [2.05, 4.69) is 10.4 Å². The summed E-state index contributed by atoms with van der Waals surface area (Å²) in [6, 6.07) is 0.398. The van der Waals surface area contributed by atoms with Crippen molar-refractivity contribution in [2.75, 3.05) is 24.5 Å². The summed E-state index contributed by atoms with van der Waals surface area (Å²) in [4.78, 5) is 12.7. The fourth-order valence-electron chi connectivity index (χ4n) is 2.53. The second kappa shape index (κ2) is 6.01. The highest BCUT2D eigenvalue weighted by Gasteiger charge is 2.25. The number of nitro groups is 1. The SMILES string of the molecule is CCN(CC1CCCCN1)c1nn(C)cc1[N+](=O)[O-]. The van der Waals surface area contributed by atoms with Crippen molar-refractivity contribution in [3.63, 3.8) is 0 Å². The Morgan fingerprint density at radius 1 is 1.63 bits per heavy atom. The lowest BCUT2D eigenvalue weighted by atomic mass is 10.0. The van der Waals surface area contributed by atoms with Crippen LogP contribution in [0.15, 0.2) is 6.20 Å². The van der Waals surface area contributed by atoms with Crippen LogP contribution < -0.4 is 10.2 Å². The molecule has 1 N–H and O–H groups in total. The first-order chi connectivity index (χ1) is 9.11. The zero-order chi connectivity index (χ0) is 13.8. The smallest absolute Gasteiger partial charge is 0.330 e. The molecule has 7 nitrogen and oxygen atoms in total. The molecule has 1 unspecified atom stereocenters. The number of aromatic nitrogens is 2. The Kier molecular flexibility index (Phi) is 4.36. The summed E-state index contributed by atoms with van der Waals surface area (Å²) >= 11 is 0. The summed E-state index contributed by atoms with van der Waals surface area (Å²) in [6.07, 6.45) is 5.02. The van der Waals surface area contributed by atoms with Gasteiger partial charge in [-0.15, -0.1) is 5.10 Å². The van der Waals surface area contributed by atoms with E-state index in [1.54, 1.807) is 7.05 Å². The van der Waals surface area contributed by atoms with Gasteiger partial charge in [-0.05, 0) is 26.3 Å². The van der Waals surface area contributed by atoms with Crippen LogP contribution in [-0.4, -0.2) is 40.4 Å². The quantitative estimate of drug-likeness (QED) is 0.642. The molecule has 2 heterocycles. The molecule has 0 amide bonds. The van der Waals surface area contributed by atoms with Gasteiger partial charge in [0, 0.05) is 26.2 Å². The summed E-state index contributed by atoms with van der Waals surface area (Å²) in [5.41, 5.74) is 0.0835. The van der Waals surface area contributed by atoms with Gasteiger partial charge in [-0.1, -0.05) is 6.42 Å². The molecule has 1 aliphatic heterocycles. The first-order valence-corrected chi connectivity index (χ1v) is 6.78. The van der Waals surface area contributed by atoms with Crippen LogP contribution in [0.1, 0.15) is 26.2 Å². The van der Waals surface area contributed by atoms with Crippen LogP contribution in [-0.2, 0) is 7.05 Å². The minimum absolute atomic E-state index is 0.0835. The molecule has 106 valence electrons. The Hall–Kier alpha value is -1.63. The zero-order valence-electron chi connectivity index (χ0n) is 11.5. The van der Waals surface area contributed by atoms with Crippen molar-refractivity contribution in [1.82, 2.24) is 15.1 Å². The van der Waals surface area contributed by atoms with Crippen LogP contribution in [0.3, 0.4) is 0 Å². The predicted octanol–water partition coefficient (Wildman–Crippen LogP) is 1.30. The summed E-state index contributed by atoms with van der Waals surface area (Å²) in [5, 5.41) is 18.8. The lowest BCUT2D eigenvalue weighted by molar-refractivity contribution is -0.384. The van der Waals surface area contributed by atoms with E-state index >= 15 is 0 Å². The van der Waals surface area contributed by atoms with Gasteiger partial charge in [0.05, 0.1) is 4.92 Å². The topological polar surface area (TPSA) is 76.2 Å². The molecule has 0 spiro atoms. The van der Waals surface area contributed by atoms with Gasteiger partial charge < -0.3 is 10.2 Å². The van der Waals surface area contributed by atoms with E-state index in [4.69, 9.17) is 0 Å². The van der Waals surface area contributed by atoms with Crippen LogP contribution >= 0.6 is 0 Å². The molecule has 0 saturated carbocycles. The van der Waals surface area contributed by atoms with Crippen molar-refractivity contribution < 1.29 is 4.92 Å². The maximum Gasteiger partial charge on any atom is 0.330 e. The van der Waals surface area contributed by atoms with Crippen LogP contribution in [0.25, 0.3) is 0 Å². The zero-order valence-corrected chi connectivity index (χ0v) is 11.5. The van der Waals surface area contributed by atoms with Crippen molar-refractivity contribution in [3.8, 4) is 0 Å². The highest BCUT2D eigenvalue weighted by molar-refractivity contribution is 5.56. The summed E-state index contributed by atoms with van der Waals surface area (Å²) in [7, 11) is 1.71. The Bertz CT molecular complexity index is 439. The molecule has 7 heteroatoms. The van der Waals surface area contributed by atoms with Crippen molar-refractivity contribution in [2.45, 2.75) is 32.2 Å². The van der Waals surface area contributed by atoms with Gasteiger partial charge in [-0.3, -0.25) is 14.8 Å². The van der Waals surface area contributed by atoms with Crippen LogP contribution in [0, 0.1) is 10.1 Å². The third kappa shape index (κ3) is 3.23. The van der Waals surface area contributed by atoms with Crippen molar-refractivity contribution >= 4 is 11.5 Å². The van der Waals surface area contributed by atoms with Gasteiger partial charge >= 0.3 is 5.69 Å². The van der Waals surface area contributed by atoms with Gasteiger partial charge in [-0.2, -0.15) is 0 Å². The van der Waals surface area contributed by atoms with Crippen molar-refractivity contribution in [1.29, 1.82) is 0 Å². The monoisotopic (exact) mass is 267 g/mol. The normalized spacial score (nSPS) is 19.4. The van der Waals surface area contributed by atoms with Crippen LogP contribution in [0.4, 0.5) is 11.5 Å². The van der Waals surface area contributed by atoms with E-state index < -0.39 is 0 Å². The molecule has 1 aliphatic rings. The first-order valence-electron chi connectivity index (χ1n) is 6.78. The summed E-state index contributed by atoms with van der Waals surface area (Å²) in [5.74, 6) is 0.474. The molecule has 0 aromatic carbocycles. The molecule has 1 saturated heterocycles. The number of aryl methyl sites for hydroxylation is 1. The molecule has 1 atom stereocenters. The van der Waals surface area contributed by atoms with Gasteiger partial charge in [0.25, 0.3) is 0 Å². The number of nitrogens with zero attached hydrogens (tertiary/aromatic N) is 4. The maximum atomic E-state index is 11.1. The second-order valence-electron chi connectivity index (χ2n) is 4.95. The Labute approximate surface area is 112 Å². The van der Waals surface area contributed by atoms with E-state index in [-0.39, 0.29) is 10.6 Å². The minimum Gasteiger partial charge on any atom is -0.348 e. The van der Waals surface area contributed by atoms with E-state index in [9.17, 15) is 10.1 Å². The van der Waals surface area contributed by atoms with Crippen LogP contribution in [0.5, 0.6) is 0 Å². The number of nitrogens with one attached hydrogen (secondary N) is 1. The first kappa shape index (κ1) is 13.8. The van der Waals surface area contributed by atoms with Gasteiger partial charge in [-0.25, -0.2) is 0 Å². The Morgan fingerprint density at radius 2 is 2.42 bits per heavy atom. The average molecular weight is 267 g/mol. The number of likely N-dealkylation sites (N-methyl/N-ethyl adjacent to an activating group) is 1. The third-order valence-electron chi connectivity index (χ3n) is 3.52. The standard InChI is InChI=1S/C12H21N5O2/c1-3-16(8-10-6-4-5-7-13-10)12-11(17(18)19)9-15(2)14-12/h9-10,13H,3-8H2,1-2H3. The lowest BCUT2D eigenvalue weighted by Crippen LogP contribution is -2.44. The molecule has 0 bridgehead atoms. The Balaban J connectivity index is 2.14. The molecule has 1 aromatic heterocycles. The number of hydrogen-bond donors (Lipinski definition) is 1. The maximum absolute atomic E-state index is 11.1. The van der Waals surface area contributed by atoms with Gasteiger partial charge in [0.1, 0.15) is 6.20 Å². The molecule has 19 heavy (non-hydrogen) atoms. The highest BCUT2D eigenvalue weighted by atomic mass is 16.6. The van der Waals surface area contributed by atoms with Gasteiger partial charge in [0.2, 0.25) is 5.82 Å². The summed E-state index contributed by atoms with van der Waals surface area (Å²) in [6.45, 7) is 4.53. The van der Waals surface area contributed by atoms with Crippen molar-refractivity contribution in [2.24, 2.45) is 7.05 Å². The predicted molar refractivity (Wildman–Crippen MR) is 73.4 cm³/mol.